The van der Waals surface area contributed by atoms with Crippen LogP contribution in [0.1, 0.15) is 56.4 Å². The van der Waals surface area contributed by atoms with Crippen LogP contribution in [0, 0.1) is 30.6 Å². The van der Waals surface area contributed by atoms with Crippen LogP contribution in [-0.4, -0.2) is 11.0 Å². The lowest BCUT2D eigenvalue weighted by Crippen LogP contribution is -2.39. The van der Waals surface area contributed by atoms with Gasteiger partial charge >= 0.3 is 0 Å². The molecule has 1 aliphatic rings. The first-order valence-corrected chi connectivity index (χ1v) is 7.09. The zero-order chi connectivity index (χ0) is 14.0. The van der Waals surface area contributed by atoms with E-state index in [2.05, 4.69) is 30.2 Å². The summed E-state index contributed by atoms with van der Waals surface area (Å²) in [6.07, 6.45) is 4.95. The summed E-state index contributed by atoms with van der Waals surface area (Å²) in [4.78, 5) is 4.53. The molecule has 1 atom stereocenters. The Labute approximate surface area is 116 Å². The van der Waals surface area contributed by atoms with Gasteiger partial charge in [0.1, 0.15) is 11.9 Å². The second-order valence-corrected chi connectivity index (χ2v) is 6.35. The Kier molecular flexibility index (Phi) is 3.80. The molecule has 0 amide bonds. The number of nitrogens with zero attached hydrogens (tertiary/aromatic N) is 2. The summed E-state index contributed by atoms with van der Waals surface area (Å²) in [6, 6.07) is 4.66. The second kappa shape index (κ2) is 5.21. The van der Waals surface area contributed by atoms with E-state index in [0.717, 1.165) is 23.5 Å². The van der Waals surface area contributed by atoms with Gasteiger partial charge in [-0.3, -0.25) is 0 Å². The van der Waals surface area contributed by atoms with Crippen molar-refractivity contribution in [2.75, 3.05) is 5.32 Å². The van der Waals surface area contributed by atoms with E-state index in [0.29, 0.717) is 11.6 Å². The molecular formula is C16H23N3. The summed E-state index contributed by atoms with van der Waals surface area (Å²) in [5.41, 5.74) is 2.93. The molecule has 1 N–H and O–H groups in total. The summed E-state index contributed by atoms with van der Waals surface area (Å²) in [5, 5.41) is 12.9. The number of hydrogen-bond donors (Lipinski definition) is 1. The number of pyridine rings is 1. The third kappa shape index (κ3) is 2.89. The van der Waals surface area contributed by atoms with Crippen LogP contribution in [0.4, 0.5) is 5.82 Å². The minimum Gasteiger partial charge on any atom is -0.366 e. The van der Waals surface area contributed by atoms with E-state index >= 15 is 0 Å². The third-order valence-electron chi connectivity index (χ3n) is 4.27. The number of aromatic nitrogens is 1. The van der Waals surface area contributed by atoms with Crippen molar-refractivity contribution in [1.82, 2.24) is 4.98 Å². The largest absolute Gasteiger partial charge is 0.366 e. The Bertz CT molecular complexity index is 511. The highest BCUT2D eigenvalue weighted by atomic mass is 15.0. The van der Waals surface area contributed by atoms with E-state index in [-0.39, 0.29) is 5.41 Å². The molecule has 0 aromatic carbocycles. The van der Waals surface area contributed by atoms with Gasteiger partial charge < -0.3 is 5.32 Å². The molecule has 1 fully saturated rings. The van der Waals surface area contributed by atoms with Gasteiger partial charge in [0, 0.05) is 11.7 Å². The normalized spacial score (nSPS) is 21.7. The number of hydrogen-bond acceptors (Lipinski definition) is 3. The van der Waals surface area contributed by atoms with E-state index in [1.165, 1.54) is 19.3 Å². The van der Waals surface area contributed by atoms with Crippen LogP contribution in [0.5, 0.6) is 0 Å². The van der Waals surface area contributed by atoms with Gasteiger partial charge in [0.2, 0.25) is 0 Å². The molecule has 3 nitrogen and oxygen atoms in total. The molecule has 2 rings (SSSR count). The number of rotatable bonds is 2. The molecule has 1 heterocycles. The van der Waals surface area contributed by atoms with E-state index in [1.54, 1.807) is 0 Å². The van der Waals surface area contributed by atoms with Gasteiger partial charge in [-0.1, -0.05) is 26.7 Å². The standard InChI is InChI=1S/C16H23N3/c1-11-9-12(2)18-15(13(11)10-17)19-14-7-5-6-8-16(14,3)4/h9,14H,5-8H2,1-4H3,(H,18,19). The van der Waals surface area contributed by atoms with Gasteiger partial charge in [-0.25, -0.2) is 4.98 Å². The topological polar surface area (TPSA) is 48.7 Å². The SMILES string of the molecule is Cc1cc(C)c(C#N)c(NC2CCCCC2(C)C)n1. The van der Waals surface area contributed by atoms with E-state index in [9.17, 15) is 5.26 Å². The van der Waals surface area contributed by atoms with Crippen molar-refractivity contribution in [2.45, 2.75) is 59.4 Å². The molecule has 1 aromatic rings. The van der Waals surface area contributed by atoms with Crippen molar-refractivity contribution >= 4 is 5.82 Å². The average molecular weight is 257 g/mol. The van der Waals surface area contributed by atoms with E-state index in [1.807, 2.05) is 19.9 Å². The predicted molar refractivity (Wildman–Crippen MR) is 78.1 cm³/mol. The molecule has 0 spiro atoms. The van der Waals surface area contributed by atoms with Gasteiger partial charge in [-0.2, -0.15) is 5.26 Å². The van der Waals surface area contributed by atoms with E-state index < -0.39 is 0 Å². The Balaban J connectivity index is 2.30. The molecule has 0 bridgehead atoms. The fourth-order valence-corrected chi connectivity index (χ4v) is 3.01. The van der Waals surface area contributed by atoms with Crippen molar-refractivity contribution in [3.63, 3.8) is 0 Å². The highest BCUT2D eigenvalue weighted by Gasteiger charge is 2.32. The van der Waals surface area contributed by atoms with Crippen LogP contribution >= 0.6 is 0 Å². The maximum absolute atomic E-state index is 9.32. The van der Waals surface area contributed by atoms with Crippen LogP contribution in [0.25, 0.3) is 0 Å². The molecule has 19 heavy (non-hydrogen) atoms. The monoisotopic (exact) mass is 257 g/mol. The van der Waals surface area contributed by atoms with Gasteiger partial charge in [0.15, 0.2) is 0 Å². The Hall–Kier alpha value is -1.56. The molecule has 1 aromatic heterocycles. The molecule has 0 saturated heterocycles. The number of aryl methyl sites for hydroxylation is 2. The lowest BCUT2D eigenvalue weighted by atomic mass is 9.73. The fraction of sp³-hybridized carbons (Fsp3) is 0.625. The lowest BCUT2D eigenvalue weighted by molar-refractivity contribution is 0.216. The Morgan fingerprint density at radius 1 is 1.37 bits per heavy atom. The maximum atomic E-state index is 9.32. The number of anilines is 1. The highest BCUT2D eigenvalue weighted by molar-refractivity contribution is 5.57. The van der Waals surface area contributed by atoms with Crippen LogP contribution in [0.3, 0.4) is 0 Å². The van der Waals surface area contributed by atoms with Crippen molar-refractivity contribution in [3.05, 3.63) is 22.9 Å². The van der Waals surface area contributed by atoms with Crippen LogP contribution in [0.2, 0.25) is 0 Å². The highest BCUT2D eigenvalue weighted by Crippen LogP contribution is 2.37. The first-order chi connectivity index (χ1) is 8.94. The van der Waals surface area contributed by atoms with Crippen molar-refractivity contribution in [3.8, 4) is 6.07 Å². The molecule has 102 valence electrons. The fourth-order valence-electron chi connectivity index (χ4n) is 3.01. The van der Waals surface area contributed by atoms with Crippen molar-refractivity contribution < 1.29 is 0 Å². The minimum absolute atomic E-state index is 0.268. The summed E-state index contributed by atoms with van der Waals surface area (Å²) >= 11 is 0. The second-order valence-electron chi connectivity index (χ2n) is 6.35. The zero-order valence-electron chi connectivity index (χ0n) is 12.4. The molecular weight excluding hydrogens is 234 g/mol. The van der Waals surface area contributed by atoms with E-state index in [4.69, 9.17) is 0 Å². The molecule has 3 heteroatoms. The molecule has 1 saturated carbocycles. The molecule has 0 aliphatic heterocycles. The summed E-state index contributed by atoms with van der Waals surface area (Å²) in [5.74, 6) is 0.764. The Morgan fingerprint density at radius 2 is 2.11 bits per heavy atom. The lowest BCUT2D eigenvalue weighted by Gasteiger charge is -2.39. The van der Waals surface area contributed by atoms with Gasteiger partial charge in [-0.15, -0.1) is 0 Å². The summed E-state index contributed by atoms with van der Waals surface area (Å²) in [7, 11) is 0. The van der Waals surface area contributed by atoms with Gasteiger partial charge in [0.25, 0.3) is 0 Å². The predicted octanol–water partition coefficient (Wildman–Crippen LogP) is 3.95. The Morgan fingerprint density at radius 3 is 2.74 bits per heavy atom. The molecule has 0 radical (unpaired) electrons. The average Bonchev–Trinajstić information content (AvgIpc) is 2.31. The van der Waals surface area contributed by atoms with Crippen molar-refractivity contribution in [1.29, 1.82) is 5.26 Å². The minimum atomic E-state index is 0.268. The third-order valence-corrected chi connectivity index (χ3v) is 4.27. The summed E-state index contributed by atoms with van der Waals surface area (Å²) < 4.78 is 0. The molecule has 1 aliphatic carbocycles. The summed E-state index contributed by atoms with van der Waals surface area (Å²) in [6.45, 7) is 8.56. The van der Waals surface area contributed by atoms with Crippen LogP contribution < -0.4 is 5.32 Å². The number of nitrogens with one attached hydrogen (secondary N) is 1. The number of nitriles is 1. The first-order valence-electron chi connectivity index (χ1n) is 7.09. The van der Waals surface area contributed by atoms with Crippen LogP contribution in [-0.2, 0) is 0 Å². The maximum Gasteiger partial charge on any atom is 0.144 e. The molecule has 1 unspecified atom stereocenters. The smallest absolute Gasteiger partial charge is 0.144 e. The van der Waals surface area contributed by atoms with Crippen molar-refractivity contribution in [2.24, 2.45) is 5.41 Å². The van der Waals surface area contributed by atoms with Gasteiger partial charge in [-0.05, 0) is 43.7 Å². The zero-order valence-corrected chi connectivity index (χ0v) is 12.4. The van der Waals surface area contributed by atoms with Crippen LogP contribution in [0.15, 0.2) is 6.07 Å². The van der Waals surface area contributed by atoms with Gasteiger partial charge in [0.05, 0.1) is 5.56 Å². The first kappa shape index (κ1) is 13.9. The quantitative estimate of drug-likeness (QED) is 0.872.